The molecule has 7 heteroatoms. The molecule has 0 unspecified atom stereocenters. The van der Waals surface area contributed by atoms with Crippen molar-refractivity contribution in [2.24, 2.45) is 0 Å². The highest BCUT2D eigenvalue weighted by Gasteiger charge is 2.25. The summed E-state index contributed by atoms with van der Waals surface area (Å²) >= 11 is 0. The van der Waals surface area contributed by atoms with Gasteiger partial charge in [-0.2, -0.15) is 0 Å². The van der Waals surface area contributed by atoms with Gasteiger partial charge in [-0.05, 0) is 55.2 Å². The molecule has 29 heavy (non-hydrogen) atoms. The quantitative estimate of drug-likeness (QED) is 0.232. The van der Waals surface area contributed by atoms with Crippen molar-refractivity contribution in [3.05, 3.63) is 65.2 Å². The van der Waals surface area contributed by atoms with Gasteiger partial charge in [0.25, 0.3) is 11.8 Å². The van der Waals surface area contributed by atoms with Crippen LogP contribution in [-0.4, -0.2) is 34.3 Å². The molecule has 0 spiro atoms. The van der Waals surface area contributed by atoms with E-state index in [2.05, 4.69) is 29.0 Å². The summed E-state index contributed by atoms with van der Waals surface area (Å²) in [4.78, 5) is 23.7. The molecule has 0 aliphatic carbocycles. The Kier molecular flexibility index (Phi) is 8.94. The number of nitrogens with one attached hydrogen (secondary N) is 2. The van der Waals surface area contributed by atoms with E-state index in [1.807, 2.05) is 12.1 Å². The molecular weight excluding hydrogens is 370 g/mol. The average molecular weight is 393 g/mol. The molecule has 2 aromatic carbocycles. The monoisotopic (exact) mass is 393 g/mol. The maximum Gasteiger partial charge on any atom is 0.268 e. The fraction of sp³-hybridized carbons (Fsp3) is 0.182. The average Bonchev–Trinajstić information content (AvgIpc) is 2.70. The number of nitrogens with two attached hydrogens (primary N) is 1. The molecule has 2 aromatic rings. The number of hydroxylamine groups is 1. The van der Waals surface area contributed by atoms with E-state index >= 15 is 0 Å². The van der Waals surface area contributed by atoms with Crippen molar-refractivity contribution >= 4 is 17.5 Å². The highest BCUT2D eigenvalue weighted by Crippen LogP contribution is 2.08. The highest BCUT2D eigenvalue weighted by atomic mass is 16.5. The molecule has 0 radical (unpaired) electrons. The van der Waals surface area contributed by atoms with Crippen LogP contribution in [0.15, 0.2) is 48.5 Å². The first-order valence-corrected chi connectivity index (χ1v) is 8.32. The van der Waals surface area contributed by atoms with Crippen LogP contribution in [0.5, 0.6) is 0 Å². The van der Waals surface area contributed by atoms with E-state index in [0.717, 1.165) is 0 Å². The zero-order valence-corrected chi connectivity index (χ0v) is 15.1. The number of nitrogen functional groups attached to an aromatic ring is 1. The lowest BCUT2D eigenvalue weighted by atomic mass is 10.1. The second-order valence-electron chi connectivity index (χ2n) is 5.83. The molecule has 0 bridgehead atoms. The Morgan fingerprint density at radius 1 is 1.03 bits per heavy atom. The number of rotatable bonds is 4. The van der Waals surface area contributed by atoms with Crippen LogP contribution >= 0.6 is 0 Å². The van der Waals surface area contributed by atoms with E-state index in [4.69, 9.17) is 10.9 Å². The number of aliphatic hydroxyl groups is 1. The predicted octanol–water partition coefficient (Wildman–Crippen LogP) is 1.29. The third-order valence-electron chi connectivity index (χ3n) is 3.74. The van der Waals surface area contributed by atoms with Gasteiger partial charge in [-0.3, -0.25) is 14.8 Å². The van der Waals surface area contributed by atoms with Crippen molar-refractivity contribution in [1.29, 1.82) is 0 Å². The van der Waals surface area contributed by atoms with Crippen LogP contribution in [0.3, 0.4) is 0 Å². The van der Waals surface area contributed by atoms with Crippen molar-refractivity contribution in [2.45, 2.75) is 26.5 Å². The van der Waals surface area contributed by atoms with Crippen LogP contribution in [0.4, 0.5) is 5.69 Å². The Morgan fingerprint density at radius 2 is 1.66 bits per heavy atom. The minimum Gasteiger partial charge on any atom is -0.398 e. The largest absolute Gasteiger partial charge is 0.398 e. The summed E-state index contributed by atoms with van der Waals surface area (Å²) in [5, 5.41) is 20.6. The molecule has 0 aliphatic rings. The molecular formula is C22H23N3O4. The van der Waals surface area contributed by atoms with Gasteiger partial charge in [0.15, 0.2) is 0 Å². The number of carbonyl (C=O) groups excluding carboxylic acids is 2. The minimum atomic E-state index is -1.28. The summed E-state index contributed by atoms with van der Waals surface area (Å²) < 4.78 is 0. The molecule has 150 valence electrons. The number of benzene rings is 2. The first-order valence-electron chi connectivity index (χ1n) is 8.32. The number of aliphatic hydroxyl groups excluding tert-OH is 1. The molecule has 0 saturated heterocycles. The van der Waals surface area contributed by atoms with E-state index in [0.29, 0.717) is 16.8 Å². The molecule has 0 heterocycles. The lowest BCUT2D eigenvalue weighted by molar-refractivity contribution is -0.133. The Balaban J connectivity index is 0.00000420. The lowest BCUT2D eigenvalue weighted by Crippen LogP contribution is -2.51. The van der Waals surface area contributed by atoms with Crippen LogP contribution in [-0.2, 0) is 4.79 Å². The number of carbonyl (C=O) groups is 2. The van der Waals surface area contributed by atoms with Gasteiger partial charge in [0.05, 0.1) is 6.10 Å². The van der Waals surface area contributed by atoms with Crippen LogP contribution in [0.2, 0.25) is 0 Å². The van der Waals surface area contributed by atoms with Crippen LogP contribution in [0.25, 0.3) is 0 Å². The molecule has 0 aliphatic heterocycles. The van der Waals surface area contributed by atoms with Gasteiger partial charge in [-0.25, -0.2) is 5.48 Å². The van der Waals surface area contributed by atoms with Crippen LogP contribution in [0, 0.1) is 23.7 Å². The standard InChI is InChI=1S/C21H19N3O4.CH4/c1-14(25)19(21(27)24-28)23-20(26)17-12-10-15(11-13-17)6-2-3-7-16-8-4-5-9-18(16)22;/h4-5,8-14,19,25,28H,22H2,1H3,(H,23,26)(H,24,27);1H4/t14-,19+;/m1./s1. The SMILES string of the molecule is C.C[C@@H](O)[C@H](NC(=O)c1ccc(C#CC#Cc2ccccc2N)cc1)C(=O)NO. The van der Waals surface area contributed by atoms with Gasteiger partial charge in [0.2, 0.25) is 0 Å². The summed E-state index contributed by atoms with van der Waals surface area (Å²) in [5.74, 6) is 9.67. The van der Waals surface area contributed by atoms with Gasteiger partial charge in [0.1, 0.15) is 6.04 Å². The van der Waals surface area contributed by atoms with Crippen LogP contribution < -0.4 is 16.5 Å². The zero-order valence-electron chi connectivity index (χ0n) is 15.1. The third kappa shape index (κ3) is 6.71. The summed E-state index contributed by atoms with van der Waals surface area (Å²) in [7, 11) is 0. The number of amides is 2. The molecule has 2 amide bonds. The topological polar surface area (TPSA) is 125 Å². The number of hydrogen-bond donors (Lipinski definition) is 5. The van der Waals surface area contributed by atoms with Gasteiger partial charge >= 0.3 is 0 Å². The summed E-state index contributed by atoms with van der Waals surface area (Å²) in [5.41, 5.74) is 9.39. The van der Waals surface area contributed by atoms with Gasteiger partial charge < -0.3 is 16.2 Å². The molecule has 6 N–H and O–H groups in total. The van der Waals surface area contributed by atoms with E-state index < -0.39 is 24.0 Å². The van der Waals surface area contributed by atoms with E-state index in [1.165, 1.54) is 24.5 Å². The second kappa shape index (κ2) is 11.2. The lowest BCUT2D eigenvalue weighted by Gasteiger charge is -2.19. The maximum absolute atomic E-state index is 12.2. The van der Waals surface area contributed by atoms with Gasteiger partial charge in [-0.15, -0.1) is 0 Å². The fourth-order valence-corrected chi connectivity index (χ4v) is 2.22. The minimum absolute atomic E-state index is 0. The fourth-order valence-electron chi connectivity index (χ4n) is 2.22. The molecule has 0 fully saturated rings. The van der Waals surface area contributed by atoms with Gasteiger partial charge in [0, 0.05) is 22.4 Å². The van der Waals surface area contributed by atoms with Crippen molar-refractivity contribution in [1.82, 2.24) is 10.8 Å². The molecule has 2 atom stereocenters. The van der Waals surface area contributed by atoms with Crippen molar-refractivity contribution < 1.29 is 19.9 Å². The second-order valence-corrected chi connectivity index (χ2v) is 5.83. The Hall–Kier alpha value is -3.78. The smallest absolute Gasteiger partial charge is 0.268 e. The van der Waals surface area contributed by atoms with E-state index in [9.17, 15) is 14.7 Å². The Bertz CT molecular complexity index is 977. The van der Waals surface area contributed by atoms with E-state index in [1.54, 1.807) is 24.3 Å². The van der Waals surface area contributed by atoms with Gasteiger partial charge in [-0.1, -0.05) is 31.4 Å². The third-order valence-corrected chi connectivity index (χ3v) is 3.74. The summed E-state index contributed by atoms with van der Waals surface area (Å²) in [6.07, 6.45) is -1.18. The highest BCUT2D eigenvalue weighted by molar-refractivity contribution is 5.97. The molecule has 2 rings (SSSR count). The summed E-state index contributed by atoms with van der Waals surface area (Å²) in [6.45, 7) is 1.32. The van der Waals surface area contributed by atoms with Crippen molar-refractivity contribution in [3.63, 3.8) is 0 Å². The summed E-state index contributed by atoms with van der Waals surface area (Å²) in [6, 6.07) is 12.2. The first kappa shape index (κ1) is 23.3. The van der Waals surface area contributed by atoms with Crippen molar-refractivity contribution in [3.8, 4) is 23.7 Å². The number of hydrogen-bond acceptors (Lipinski definition) is 5. The Labute approximate surface area is 169 Å². The normalized spacial score (nSPS) is 11.3. The maximum atomic E-state index is 12.2. The van der Waals surface area contributed by atoms with Crippen molar-refractivity contribution in [2.75, 3.05) is 5.73 Å². The van der Waals surface area contributed by atoms with Crippen LogP contribution in [0.1, 0.15) is 35.8 Å². The molecule has 0 aromatic heterocycles. The first-order chi connectivity index (χ1) is 13.4. The zero-order chi connectivity index (χ0) is 20.5. The predicted molar refractivity (Wildman–Crippen MR) is 111 cm³/mol. The molecule has 0 saturated carbocycles. The Morgan fingerprint density at radius 3 is 2.24 bits per heavy atom. The van der Waals surface area contributed by atoms with E-state index in [-0.39, 0.29) is 13.0 Å². The molecule has 7 nitrogen and oxygen atoms in total. The number of anilines is 1. The number of para-hydroxylation sites is 1.